The van der Waals surface area contributed by atoms with E-state index in [2.05, 4.69) is 10.3 Å². The van der Waals surface area contributed by atoms with E-state index in [4.69, 9.17) is 0 Å². The van der Waals surface area contributed by atoms with Crippen LogP contribution in [0.4, 0.5) is 0 Å². The van der Waals surface area contributed by atoms with Gasteiger partial charge in [-0.2, -0.15) is 0 Å². The standard InChI is InChI=1S/C19H18N2OS/c1-14-20-17(13-23-14)12-18(22)21-19(15-8-4-2-5-9-15)16-10-6-3-7-11-16/h2-11,13,19H,12H2,1H3,(H,21,22). The molecule has 3 nitrogen and oxygen atoms in total. The second kappa shape index (κ2) is 7.20. The molecule has 3 rings (SSSR count). The Morgan fingerprint density at radius 1 is 1.04 bits per heavy atom. The van der Waals surface area contributed by atoms with E-state index < -0.39 is 0 Å². The fraction of sp³-hybridized carbons (Fsp3) is 0.158. The highest BCUT2D eigenvalue weighted by Gasteiger charge is 2.17. The summed E-state index contributed by atoms with van der Waals surface area (Å²) in [5.74, 6) is -0.0204. The van der Waals surface area contributed by atoms with Crippen LogP contribution in [0.5, 0.6) is 0 Å². The highest BCUT2D eigenvalue weighted by atomic mass is 32.1. The van der Waals surface area contributed by atoms with Crippen LogP contribution in [0.3, 0.4) is 0 Å². The molecule has 1 N–H and O–H groups in total. The second-order valence-electron chi connectivity index (χ2n) is 5.36. The summed E-state index contributed by atoms with van der Waals surface area (Å²) in [5, 5.41) is 6.05. The number of nitrogens with zero attached hydrogens (tertiary/aromatic N) is 1. The van der Waals surface area contributed by atoms with Gasteiger partial charge in [0.2, 0.25) is 5.91 Å². The number of carbonyl (C=O) groups is 1. The highest BCUT2D eigenvalue weighted by molar-refractivity contribution is 7.09. The number of benzene rings is 2. The second-order valence-corrected chi connectivity index (χ2v) is 6.42. The molecule has 0 bridgehead atoms. The van der Waals surface area contributed by atoms with Gasteiger partial charge in [-0.25, -0.2) is 4.98 Å². The van der Waals surface area contributed by atoms with Gasteiger partial charge in [0.15, 0.2) is 0 Å². The first-order valence-corrected chi connectivity index (χ1v) is 8.40. The van der Waals surface area contributed by atoms with Crippen molar-refractivity contribution < 1.29 is 4.79 Å². The smallest absolute Gasteiger partial charge is 0.226 e. The number of hydrogen-bond donors (Lipinski definition) is 1. The van der Waals surface area contributed by atoms with E-state index in [1.54, 1.807) is 11.3 Å². The number of aromatic nitrogens is 1. The number of rotatable bonds is 5. The molecule has 2 aromatic carbocycles. The first-order chi connectivity index (χ1) is 11.2. The molecule has 0 atom stereocenters. The Morgan fingerprint density at radius 3 is 2.09 bits per heavy atom. The molecule has 0 radical (unpaired) electrons. The van der Waals surface area contributed by atoms with Crippen molar-refractivity contribution >= 4 is 17.2 Å². The monoisotopic (exact) mass is 322 g/mol. The molecule has 0 aliphatic carbocycles. The maximum absolute atomic E-state index is 12.4. The van der Waals surface area contributed by atoms with E-state index in [1.165, 1.54) is 0 Å². The Morgan fingerprint density at radius 2 is 1.61 bits per heavy atom. The van der Waals surface area contributed by atoms with Gasteiger partial charge in [0.25, 0.3) is 0 Å². The van der Waals surface area contributed by atoms with E-state index >= 15 is 0 Å². The van der Waals surface area contributed by atoms with Crippen LogP contribution >= 0.6 is 11.3 Å². The zero-order chi connectivity index (χ0) is 16.1. The molecule has 3 aromatic rings. The number of thiazole rings is 1. The summed E-state index contributed by atoms with van der Waals surface area (Å²) in [4.78, 5) is 16.8. The summed E-state index contributed by atoms with van der Waals surface area (Å²) in [6, 6.07) is 19.9. The van der Waals surface area contributed by atoms with Gasteiger partial charge >= 0.3 is 0 Å². The predicted molar refractivity (Wildman–Crippen MR) is 93.4 cm³/mol. The predicted octanol–water partition coefficient (Wildman–Crippen LogP) is 3.90. The summed E-state index contributed by atoms with van der Waals surface area (Å²) >= 11 is 1.57. The fourth-order valence-corrected chi connectivity index (χ4v) is 3.13. The summed E-state index contributed by atoms with van der Waals surface area (Å²) in [5.41, 5.74) is 2.97. The third-order valence-corrected chi connectivity index (χ3v) is 4.40. The van der Waals surface area contributed by atoms with Crippen molar-refractivity contribution in [1.29, 1.82) is 0 Å². The van der Waals surface area contributed by atoms with Crippen molar-refractivity contribution in [2.75, 3.05) is 0 Å². The number of nitrogens with one attached hydrogen (secondary N) is 1. The van der Waals surface area contributed by atoms with Crippen molar-refractivity contribution in [2.24, 2.45) is 0 Å². The molecule has 0 fully saturated rings. The molecule has 23 heavy (non-hydrogen) atoms. The summed E-state index contributed by atoms with van der Waals surface area (Å²) in [6.07, 6.45) is 0.306. The first kappa shape index (κ1) is 15.4. The molecule has 0 aliphatic rings. The number of amides is 1. The third-order valence-electron chi connectivity index (χ3n) is 3.58. The van der Waals surface area contributed by atoms with Crippen molar-refractivity contribution in [3.8, 4) is 0 Å². The van der Waals surface area contributed by atoms with Gasteiger partial charge in [0.1, 0.15) is 0 Å². The Bertz CT molecular complexity index is 729. The number of hydrogen-bond acceptors (Lipinski definition) is 3. The van der Waals surface area contributed by atoms with Gasteiger partial charge < -0.3 is 5.32 Å². The summed E-state index contributed by atoms with van der Waals surface area (Å²) in [6.45, 7) is 1.95. The van der Waals surface area contributed by atoms with E-state index in [0.29, 0.717) is 6.42 Å². The van der Waals surface area contributed by atoms with Gasteiger partial charge in [0.05, 0.1) is 23.2 Å². The van der Waals surface area contributed by atoms with Crippen LogP contribution in [0.1, 0.15) is 27.9 Å². The van der Waals surface area contributed by atoms with Crippen LogP contribution in [0.2, 0.25) is 0 Å². The molecule has 1 heterocycles. The fourth-order valence-electron chi connectivity index (χ4n) is 2.52. The summed E-state index contributed by atoms with van der Waals surface area (Å²) < 4.78 is 0. The molecule has 0 saturated heterocycles. The molecule has 0 saturated carbocycles. The molecule has 0 aliphatic heterocycles. The topological polar surface area (TPSA) is 42.0 Å². The zero-order valence-electron chi connectivity index (χ0n) is 12.9. The minimum Gasteiger partial charge on any atom is -0.345 e. The average molecular weight is 322 g/mol. The van der Waals surface area contributed by atoms with E-state index in [9.17, 15) is 4.79 Å². The van der Waals surface area contributed by atoms with Gasteiger partial charge in [-0.05, 0) is 18.1 Å². The van der Waals surface area contributed by atoms with Crippen LogP contribution in [-0.2, 0) is 11.2 Å². The van der Waals surface area contributed by atoms with Crippen LogP contribution in [-0.4, -0.2) is 10.9 Å². The zero-order valence-corrected chi connectivity index (χ0v) is 13.7. The van der Waals surface area contributed by atoms with Crippen molar-refractivity contribution in [2.45, 2.75) is 19.4 Å². The lowest BCUT2D eigenvalue weighted by Gasteiger charge is -2.19. The van der Waals surface area contributed by atoms with Gasteiger partial charge in [-0.3, -0.25) is 4.79 Å². The SMILES string of the molecule is Cc1nc(CC(=O)NC(c2ccccc2)c2ccccc2)cs1. The van der Waals surface area contributed by atoms with Crippen molar-refractivity contribution in [1.82, 2.24) is 10.3 Å². The van der Waals surface area contributed by atoms with Crippen LogP contribution in [0.15, 0.2) is 66.0 Å². The lowest BCUT2D eigenvalue weighted by Crippen LogP contribution is -2.30. The van der Waals surface area contributed by atoms with E-state index in [-0.39, 0.29) is 11.9 Å². The van der Waals surface area contributed by atoms with Gasteiger partial charge in [-0.15, -0.1) is 11.3 Å². The number of aryl methyl sites for hydroxylation is 1. The maximum Gasteiger partial charge on any atom is 0.226 e. The lowest BCUT2D eigenvalue weighted by molar-refractivity contribution is -0.121. The van der Waals surface area contributed by atoms with E-state index in [1.807, 2.05) is 73.0 Å². The molecule has 4 heteroatoms. The van der Waals surface area contributed by atoms with Gasteiger partial charge in [0, 0.05) is 5.38 Å². The summed E-state index contributed by atoms with van der Waals surface area (Å²) in [7, 11) is 0. The molecular weight excluding hydrogens is 304 g/mol. The largest absolute Gasteiger partial charge is 0.345 e. The molecule has 116 valence electrons. The molecule has 1 amide bonds. The number of carbonyl (C=O) groups excluding carboxylic acids is 1. The normalized spacial score (nSPS) is 10.7. The van der Waals surface area contributed by atoms with Crippen LogP contribution in [0, 0.1) is 6.92 Å². The van der Waals surface area contributed by atoms with Gasteiger partial charge in [-0.1, -0.05) is 60.7 Å². The van der Waals surface area contributed by atoms with Crippen molar-refractivity contribution in [3.63, 3.8) is 0 Å². The van der Waals surface area contributed by atoms with E-state index in [0.717, 1.165) is 21.8 Å². The minimum atomic E-state index is -0.148. The van der Waals surface area contributed by atoms with Crippen LogP contribution in [0.25, 0.3) is 0 Å². The lowest BCUT2D eigenvalue weighted by atomic mass is 9.98. The molecule has 1 aromatic heterocycles. The quantitative estimate of drug-likeness (QED) is 0.774. The first-order valence-electron chi connectivity index (χ1n) is 7.52. The maximum atomic E-state index is 12.4. The molecular formula is C19H18N2OS. The van der Waals surface area contributed by atoms with Crippen molar-refractivity contribution in [3.05, 3.63) is 87.9 Å². The molecule has 0 spiro atoms. The third kappa shape index (κ3) is 4.05. The Hall–Kier alpha value is -2.46. The Kier molecular flexibility index (Phi) is 4.83. The minimum absolute atomic E-state index is 0.0204. The van der Waals surface area contributed by atoms with Crippen LogP contribution < -0.4 is 5.32 Å². The Labute approximate surface area is 140 Å². The highest BCUT2D eigenvalue weighted by Crippen LogP contribution is 2.22. The Balaban J connectivity index is 1.80. The molecule has 0 unspecified atom stereocenters. The average Bonchev–Trinajstić information content (AvgIpc) is 2.99.